The number of ether oxygens (including phenoxy) is 4. The van der Waals surface area contributed by atoms with Crippen LogP contribution in [0.15, 0.2) is 54.1 Å². The molecule has 0 bridgehead atoms. The van der Waals surface area contributed by atoms with E-state index < -0.39 is 17.8 Å². The Morgan fingerprint density at radius 2 is 1.53 bits per heavy atom. The molecule has 3 aromatic carbocycles. The standard InChI is InChI=1S/C27H26N2O7/c1-5-35-18-10-12-24(36-6-2)22(14-18)29-26(31)21(25(30)28-27(29)32)15-20-19-13-17(33-3)9-7-16(19)8-11-23(20)34-4/h7-15H,5-6H2,1-4H3,(H,28,30,32)/b21-15+. The van der Waals surface area contributed by atoms with Crippen molar-refractivity contribution < 1.29 is 33.3 Å². The molecule has 0 unspecified atom stereocenters. The maximum absolute atomic E-state index is 13.6. The molecule has 4 amide bonds. The van der Waals surface area contributed by atoms with E-state index in [9.17, 15) is 14.4 Å². The molecule has 0 saturated carbocycles. The molecular weight excluding hydrogens is 464 g/mol. The summed E-state index contributed by atoms with van der Waals surface area (Å²) in [6, 6.07) is 13.0. The monoisotopic (exact) mass is 490 g/mol. The molecule has 9 nitrogen and oxygen atoms in total. The van der Waals surface area contributed by atoms with Gasteiger partial charge in [0, 0.05) is 11.6 Å². The van der Waals surface area contributed by atoms with Crippen molar-refractivity contribution >= 4 is 40.4 Å². The Morgan fingerprint density at radius 3 is 2.22 bits per heavy atom. The van der Waals surface area contributed by atoms with E-state index in [-0.39, 0.29) is 11.3 Å². The van der Waals surface area contributed by atoms with Crippen molar-refractivity contribution in [2.45, 2.75) is 13.8 Å². The number of hydrogen-bond donors (Lipinski definition) is 1. The molecule has 0 atom stereocenters. The number of urea groups is 1. The summed E-state index contributed by atoms with van der Waals surface area (Å²) in [6.07, 6.45) is 1.42. The van der Waals surface area contributed by atoms with Crippen molar-refractivity contribution in [1.82, 2.24) is 5.32 Å². The first-order valence-electron chi connectivity index (χ1n) is 11.4. The number of carbonyl (C=O) groups is 3. The third-order valence-corrected chi connectivity index (χ3v) is 5.62. The normalized spacial score (nSPS) is 14.7. The molecule has 0 radical (unpaired) electrons. The fourth-order valence-corrected chi connectivity index (χ4v) is 3.98. The van der Waals surface area contributed by atoms with Crippen LogP contribution in [0.5, 0.6) is 23.0 Å². The average Bonchev–Trinajstić information content (AvgIpc) is 2.87. The van der Waals surface area contributed by atoms with E-state index in [0.29, 0.717) is 47.2 Å². The minimum atomic E-state index is -0.886. The molecule has 36 heavy (non-hydrogen) atoms. The molecule has 1 heterocycles. The lowest BCUT2D eigenvalue weighted by atomic mass is 9.99. The number of anilines is 1. The highest BCUT2D eigenvalue weighted by molar-refractivity contribution is 6.39. The van der Waals surface area contributed by atoms with Crippen LogP contribution in [0.2, 0.25) is 0 Å². The molecule has 1 aliphatic heterocycles. The third kappa shape index (κ3) is 4.55. The Bertz CT molecular complexity index is 1370. The molecular formula is C27H26N2O7. The lowest BCUT2D eigenvalue weighted by Crippen LogP contribution is -2.54. The smallest absolute Gasteiger partial charge is 0.336 e. The SMILES string of the molecule is CCOc1ccc(OCC)c(N2C(=O)NC(=O)/C(=C\c3c(OC)ccc4ccc(OC)cc34)C2=O)c1. The zero-order valence-electron chi connectivity index (χ0n) is 20.4. The summed E-state index contributed by atoms with van der Waals surface area (Å²) < 4.78 is 22.1. The summed E-state index contributed by atoms with van der Waals surface area (Å²) in [4.78, 5) is 40.3. The average molecular weight is 491 g/mol. The number of fused-ring (bicyclic) bond motifs is 1. The molecule has 0 spiro atoms. The molecule has 0 aromatic heterocycles. The maximum atomic E-state index is 13.6. The van der Waals surface area contributed by atoms with Crippen LogP contribution in [0, 0.1) is 0 Å². The Hall–Kier alpha value is -4.53. The van der Waals surface area contributed by atoms with Crippen LogP contribution >= 0.6 is 0 Å². The molecule has 3 aromatic rings. The number of nitrogens with one attached hydrogen (secondary N) is 1. The van der Waals surface area contributed by atoms with Gasteiger partial charge in [-0.05, 0) is 61.0 Å². The van der Waals surface area contributed by atoms with Gasteiger partial charge in [0.2, 0.25) is 0 Å². The number of methoxy groups -OCH3 is 2. The molecule has 1 N–H and O–H groups in total. The molecule has 9 heteroatoms. The van der Waals surface area contributed by atoms with Crippen molar-refractivity contribution in [3.63, 3.8) is 0 Å². The summed E-state index contributed by atoms with van der Waals surface area (Å²) in [5.74, 6) is 0.163. The first-order valence-corrected chi connectivity index (χ1v) is 11.4. The van der Waals surface area contributed by atoms with Crippen molar-refractivity contribution in [2.75, 3.05) is 32.3 Å². The number of amides is 4. The number of carbonyl (C=O) groups excluding carboxylic acids is 3. The predicted octanol–water partition coefficient (Wildman–Crippen LogP) is 4.32. The van der Waals surface area contributed by atoms with Crippen molar-refractivity contribution in [3.8, 4) is 23.0 Å². The minimum absolute atomic E-state index is 0.162. The van der Waals surface area contributed by atoms with Crippen molar-refractivity contribution in [3.05, 3.63) is 59.7 Å². The number of nitrogens with zero attached hydrogens (tertiary/aromatic N) is 1. The Balaban J connectivity index is 1.88. The lowest BCUT2D eigenvalue weighted by molar-refractivity contribution is -0.122. The quantitative estimate of drug-likeness (QED) is 0.370. The van der Waals surface area contributed by atoms with Gasteiger partial charge in [-0.2, -0.15) is 0 Å². The topological polar surface area (TPSA) is 103 Å². The van der Waals surface area contributed by atoms with Gasteiger partial charge in [-0.25, -0.2) is 9.69 Å². The van der Waals surface area contributed by atoms with E-state index in [4.69, 9.17) is 18.9 Å². The Labute approximate surface area is 208 Å². The van der Waals surface area contributed by atoms with Crippen LogP contribution in [0.25, 0.3) is 16.8 Å². The predicted molar refractivity (Wildman–Crippen MR) is 135 cm³/mol. The van der Waals surface area contributed by atoms with Crippen LogP contribution < -0.4 is 29.2 Å². The maximum Gasteiger partial charge on any atom is 0.336 e. The number of barbiturate groups is 1. The summed E-state index contributed by atoms with van der Waals surface area (Å²) >= 11 is 0. The number of hydrogen-bond acceptors (Lipinski definition) is 7. The van der Waals surface area contributed by atoms with E-state index in [1.807, 2.05) is 25.1 Å². The fourth-order valence-electron chi connectivity index (χ4n) is 3.98. The summed E-state index contributed by atoms with van der Waals surface area (Å²) in [6.45, 7) is 4.30. The molecule has 186 valence electrons. The van der Waals surface area contributed by atoms with E-state index in [1.165, 1.54) is 19.3 Å². The summed E-state index contributed by atoms with van der Waals surface area (Å²) in [7, 11) is 3.04. The van der Waals surface area contributed by atoms with Gasteiger partial charge >= 0.3 is 6.03 Å². The fraction of sp³-hybridized carbons (Fsp3) is 0.222. The highest BCUT2D eigenvalue weighted by Gasteiger charge is 2.38. The molecule has 1 saturated heterocycles. The van der Waals surface area contributed by atoms with Crippen LogP contribution in [0.4, 0.5) is 10.5 Å². The Kier molecular flexibility index (Phi) is 7.10. The number of imide groups is 2. The van der Waals surface area contributed by atoms with E-state index >= 15 is 0 Å². The molecule has 1 fully saturated rings. The van der Waals surface area contributed by atoms with Gasteiger partial charge in [0.25, 0.3) is 11.8 Å². The van der Waals surface area contributed by atoms with Crippen LogP contribution in [0.1, 0.15) is 19.4 Å². The molecule has 1 aliphatic rings. The molecule has 4 rings (SSSR count). The first kappa shape index (κ1) is 24.6. The summed E-state index contributed by atoms with van der Waals surface area (Å²) in [5, 5.41) is 3.81. The van der Waals surface area contributed by atoms with Gasteiger partial charge < -0.3 is 18.9 Å². The van der Waals surface area contributed by atoms with E-state index in [1.54, 1.807) is 38.3 Å². The van der Waals surface area contributed by atoms with Gasteiger partial charge in [-0.1, -0.05) is 12.1 Å². The van der Waals surface area contributed by atoms with Crippen LogP contribution in [-0.4, -0.2) is 45.3 Å². The van der Waals surface area contributed by atoms with E-state index in [0.717, 1.165) is 10.3 Å². The van der Waals surface area contributed by atoms with Crippen molar-refractivity contribution in [1.29, 1.82) is 0 Å². The zero-order chi connectivity index (χ0) is 25.8. The lowest BCUT2D eigenvalue weighted by Gasteiger charge is -2.28. The zero-order valence-corrected chi connectivity index (χ0v) is 20.4. The highest BCUT2D eigenvalue weighted by atomic mass is 16.5. The van der Waals surface area contributed by atoms with Crippen LogP contribution in [0.3, 0.4) is 0 Å². The number of benzene rings is 3. The second kappa shape index (κ2) is 10.4. The van der Waals surface area contributed by atoms with Gasteiger partial charge in [0.15, 0.2) is 0 Å². The van der Waals surface area contributed by atoms with Gasteiger partial charge in [0.05, 0.1) is 33.1 Å². The molecule has 0 aliphatic carbocycles. The number of rotatable bonds is 8. The minimum Gasteiger partial charge on any atom is -0.497 e. The highest BCUT2D eigenvalue weighted by Crippen LogP contribution is 2.37. The third-order valence-electron chi connectivity index (χ3n) is 5.62. The largest absolute Gasteiger partial charge is 0.497 e. The van der Waals surface area contributed by atoms with Crippen molar-refractivity contribution in [2.24, 2.45) is 0 Å². The van der Waals surface area contributed by atoms with Crippen LogP contribution in [-0.2, 0) is 9.59 Å². The summed E-state index contributed by atoms with van der Waals surface area (Å²) in [5.41, 5.74) is 0.414. The second-order valence-electron chi connectivity index (χ2n) is 7.72. The Morgan fingerprint density at radius 1 is 0.833 bits per heavy atom. The van der Waals surface area contributed by atoms with E-state index in [2.05, 4.69) is 5.32 Å². The van der Waals surface area contributed by atoms with Gasteiger partial charge in [-0.3, -0.25) is 14.9 Å². The second-order valence-corrected chi connectivity index (χ2v) is 7.72. The van der Waals surface area contributed by atoms with Gasteiger partial charge in [0.1, 0.15) is 28.6 Å². The first-order chi connectivity index (χ1) is 17.4. The van der Waals surface area contributed by atoms with Gasteiger partial charge in [-0.15, -0.1) is 0 Å².